The highest BCUT2D eigenvalue weighted by Crippen LogP contribution is 2.33. The molecule has 0 spiro atoms. The zero-order chi connectivity index (χ0) is 16.6. The number of ether oxygens (including phenoxy) is 2. The first kappa shape index (κ1) is 20.6. The molecular weight excluding hydrogens is 413 g/mol. The second-order valence-electron chi connectivity index (χ2n) is 4.58. The summed E-state index contributed by atoms with van der Waals surface area (Å²) in [6, 6.07) is 7.36. The molecule has 0 fully saturated rings. The molecular formula is C14H16Cl6O2. The summed E-state index contributed by atoms with van der Waals surface area (Å²) in [7, 11) is 0. The minimum atomic E-state index is -1.25. The number of hydrogen-bond donors (Lipinski definition) is 0. The molecule has 22 heavy (non-hydrogen) atoms. The smallest absolute Gasteiger partial charge is 0.190 e. The van der Waals surface area contributed by atoms with Gasteiger partial charge in [-0.25, -0.2) is 0 Å². The van der Waals surface area contributed by atoms with E-state index in [-0.39, 0.29) is 0 Å². The fourth-order valence-electron chi connectivity index (χ4n) is 1.60. The van der Waals surface area contributed by atoms with Gasteiger partial charge in [0.1, 0.15) is 0 Å². The third-order valence-corrected chi connectivity index (χ3v) is 3.71. The van der Waals surface area contributed by atoms with E-state index in [1.165, 1.54) is 0 Å². The second-order valence-corrected chi connectivity index (χ2v) is 9.61. The minimum absolute atomic E-state index is 0.421. The molecule has 1 rings (SSSR count). The monoisotopic (exact) mass is 426 g/mol. The molecule has 0 saturated carbocycles. The Bertz CT molecular complexity index is 401. The van der Waals surface area contributed by atoms with Crippen molar-refractivity contribution in [3.63, 3.8) is 0 Å². The molecule has 126 valence electrons. The molecule has 0 aliphatic carbocycles. The zero-order valence-electron chi connectivity index (χ0n) is 11.6. The number of halogens is 6. The van der Waals surface area contributed by atoms with Crippen molar-refractivity contribution in [2.45, 2.75) is 33.3 Å². The molecule has 0 aromatic heterocycles. The van der Waals surface area contributed by atoms with Gasteiger partial charge in [-0.3, -0.25) is 0 Å². The summed E-state index contributed by atoms with van der Waals surface area (Å²) in [4.78, 5) is 0. The van der Waals surface area contributed by atoms with Gasteiger partial charge in [-0.1, -0.05) is 81.7 Å². The Morgan fingerprint density at radius 1 is 0.682 bits per heavy atom. The Kier molecular flexibility index (Phi) is 9.14. The molecule has 8 heteroatoms. The van der Waals surface area contributed by atoms with Crippen LogP contribution in [0.2, 0.25) is 0 Å². The third kappa shape index (κ3) is 10.4. The molecule has 0 aliphatic heterocycles. The summed E-state index contributed by atoms with van der Waals surface area (Å²) >= 11 is 34.1. The van der Waals surface area contributed by atoms with E-state index in [1.54, 1.807) is 0 Å². The molecule has 0 amide bonds. The van der Waals surface area contributed by atoms with Gasteiger partial charge in [-0.05, 0) is 37.8 Å². The van der Waals surface area contributed by atoms with Crippen LogP contribution in [0.15, 0.2) is 24.3 Å². The second kappa shape index (κ2) is 9.76. The van der Waals surface area contributed by atoms with Gasteiger partial charge in [0.15, 0.2) is 19.1 Å². The Morgan fingerprint density at radius 3 is 1.36 bits per heavy atom. The van der Waals surface area contributed by atoms with Gasteiger partial charge < -0.3 is 9.47 Å². The predicted molar refractivity (Wildman–Crippen MR) is 96.5 cm³/mol. The number of para-hydroxylation sites is 2. The summed E-state index contributed by atoms with van der Waals surface area (Å²) in [5.74, 6) is 1.28. The quantitative estimate of drug-likeness (QED) is 0.337. The highest BCUT2D eigenvalue weighted by molar-refractivity contribution is 6.67. The molecule has 0 N–H and O–H groups in total. The van der Waals surface area contributed by atoms with Crippen LogP contribution in [0.25, 0.3) is 0 Å². The Balaban J connectivity index is 2.38. The van der Waals surface area contributed by atoms with Crippen molar-refractivity contribution in [1.29, 1.82) is 0 Å². The highest BCUT2D eigenvalue weighted by atomic mass is 35.6. The van der Waals surface area contributed by atoms with Gasteiger partial charge in [0.25, 0.3) is 0 Å². The molecule has 1 aromatic carbocycles. The SMILES string of the molecule is ClC(Cl)(Cl)CCCOc1ccccc1OCCCC(Cl)(Cl)Cl. The zero-order valence-corrected chi connectivity index (χ0v) is 16.2. The van der Waals surface area contributed by atoms with Crippen LogP contribution in [0.5, 0.6) is 11.5 Å². The van der Waals surface area contributed by atoms with E-state index in [0.29, 0.717) is 50.4 Å². The summed E-state index contributed by atoms with van der Waals surface area (Å²) in [6.07, 6.45) is 2.09. The maximum absolute atomic E-state index is 5.69. The fourth-order valence-corrected chi connectivity index (χ4v) is 2.40. The summed E-state index contributed by atoms with van der Waals surface area (Å²) < 4.78 is 8.80. The average Bonchev–Trinajstić information content (AvgIpc) is 2.39. The van der Waals surface area contributed by atoms with Gasteiger partial charge in [0, 0.05) is 0 Å². The highest BCUT2D eigenvalue weighted by Gasteiger charge is 2.19. The van der Waals surface area contributed by atoms with Gasteiger partial charge in [-0.15, -0.1) is 0 Å². The predicted octanol–water partition coefficient (Wildman–Crippen LogP) is 6.75. The normalized spacial score (nSPS) is 12.3. The molecule has 2 nitrogen and oxygen atoms in total. The van der Waals surface area contributed by atoms with E-state index < -0.39 is 7.59 Å². The van der Waals surface area contributed by atoms with Crippen molar-refractivity contribution >= 4 is 69.6 Å². The van der Waals surface area contributed by atoms with Crippen LogP contribution < -0.4 is 9.47 Å². The van der Waals surface area contributed by atoms with E-state index in [2.05, 4.69) is 0 Å². The van der Waals surface area contributed by atoms with Gasteiger partial charge >= 0.3 is 0 Å². The Hall–Kier alpha value is 0.560. The van der Waals surface area contributed by atoms with Crippen molar-refractivity contribution in [3.05, 3.63) is 24.3 Å². The standard InChI is InChI=1S/C14H16Cl6O2/c15-13(16,17)7-3-9-21-11-5-1-2-6-12(11)22-10-4-8-14(18,19)20/h1-2,5-6H,3-4,7-10H2. The molecule has 0 heterocycles. The lowest BCUT2D eigenvalue weighted by molar-refractivity contribution is 0.260. The van der Waals surface area contributed by atoms with E-state index in [4.69, 9.17) is 79.1 Å². The average molecular weight is 429 g/mol. The van der Waals surface area contributed by atoms with Crippen LogP contribution >= 0.6 is 69.6 Å². The number of rotatable bonds is 8. The first-order chi connectivity index (χ1) is 10.2. The lowest BCUT2D eigenvalue weighted by Gasteiger charge is -2.15. The first-order valence-corrected chi connectivity index (χ1v) is 8.92. The van der Waals surface area contributed by atoms with Crippen molar-refractivity contribution in [1.82, 2.24) is 0 Å². The number of alkyl halides is 6. The largest absolute Gasteiger partial charge is 0.490 e. The summed E-state index contributed by atoms with van der Waals surface area (Å²) in [6.45, 7) is 0.866. The summed E-state index contributed by atoms with van der Waals surface area (Å²) in [5.41, 5.74) is 0. The molecule has 0 radical (unpaired) electrons. The van der Waals surface area contributed by atoms with Crippen LogP contribution in [-0.2, 0) is 0 Å². The van der Waals surface area contributed by atoms with E-state index >= 15 is 0 Å². The molecule has 1 aromatic rings. The Morgan fingerprint density at radius 2 is 1.05 bits per heavy atom. The van der Waals surface area contributed by atoms with Crippen LogP contribution in [0.4, 0.5) is 0 Å². The maximum atomic E-state index is 5.69. The van der Waals surface area contributed by atoms with Crippen molar-refractivity contribution in [3.8, 4) is 11.5 Å². The van der Waals surface area contributed by atoms with E-state index in [0.717, 1.165) is 0 Å². The molecule has 0 atom stereocenters. The minimum Gasteiger partial charge on any atom is -0.490 e. The van der Waals surface area contributed by atoms with Crippen LogP contribution in [-0.4, -0.2) is 20.8 Å². The molecule has 0 unspecified atom stereocenters. The van der Waals surface area contributed by atoms with Gasteiger partial charge in [0.05, 0.1) is 13.2 Å². The van der Waals surface area contributed by atoms with Gasteiger partial charge in [-0.2, -0.15) is 0 Å². The van der Waals surface area contributed by atoms with Gasteiger partial charge in [0.2, 0.25) is 0 Å². The van der Waals surface area contributed by atoms with E-state index in [9.17, 15) is 0 Å². The fraction of sp³-hybridized carbons (Fsp3) is 0.571. The number of benzene rings is 1. The van der Waals surface area contributed by atoms with Crippen LogP contribution in [0.1, 0.15) is 25.7 Å². The van der Waals surface area contributed by atoms with Crippen LogP contribution in [0.3, 0.4) is 0 Å². The maximum Gasteiger partial charge on any atom is 0.190 e. The van der Waals surface area contributed by atoms with Crippen molar-refractivity contribution < 1.29 is 9.47 Å². The van der Waals surface area contributed by atoms with E-state index in [1.807, 2.05) is 24.3 Å². The first-order valence-electron chi connectivity index (χ1n) is 6.65. The lowest BCUT2D eigenvalue weighted by Crippen LogP contribution is -2.08. The van der Waals surface area contributed by atoms with Crippen molar-refractivity contribution in [2.75, 3.05) is 13.2 Å². The third-order valence-electron chi connectivity index (χ3n) is 2.57. The molecule has 0 aliphatic rings. The lowest BCUT2D eigenvalue weighted by atomic mass is 10.3. The Labute approximate surface area is 160 Å². The van der Waals surface area contributed by atoms with Crippen LogP contribution in [0, 0.1) is 0 Å². The topological polar surface area (TPSA) is 18.5 Å². The molecule has 0 bridgehead atoms. The molecule has 0 saturated heterocycles. The summed E-state index contributed by atoms with van der Waals surface area (Å²) in [5, 5.41) is 0. The number of hydrogen-bond acceptors (Lipinski definition) is 2. The van der Waals surface area contributed by atoms with Crippen molar-refractivity contribution in [2.24, 2.45) is 0 Å².